The molecule has 2 N–H and O–H groups in total. The quantitative estimate of drug-likeness (QED) is 0.853. The van der Waals surface area contributed by atoms with E-state index in [1.54, 1.807) is 12.1 Å². The van der Waals surface area contributed by atoms with Crippen LogP contribution in [0.15, 0.2) is 48.5 Å². The number of amides is 1. The molecule has 0 saturated carbocycles. The summed E-state index contributed by atoms with van der Waals surface area (Å²) in [7, 11) is 0. The molecule has 2 aromatic rings. The van der Waals surface area contributed by atoms with Crippen LogP contribution in [0.3, 0.4) is 0 Å². The van der Waals surface area contributed by atoms with Crippen LogP contribution in [0.2, 0.25) is 0 Å². The van der Waals surface area contributed by atoms with Crippen molar-refractivity contribution >= 4 is 17.5 Å². The third-order valence-electron chi connectivity index (χ3n) is 2.66. The zero-order valence-corrected chi connectivity index (χ0v) is 11.1. The molecule has 0 atom stereocenters. The van der Waals surface area contributed by atoms with Gasteiger partial charge in [-0.15, -0.1) is 11.6 Å². The summed E-state index contributed by atoms with van der Waals surface area (Å²) in [6.45, 7) is 0.465. The van der Waals surface area contributed by atoms with Gasteiger partial charge in [0.25, 0.3) is 0 Å². The van der Waals surface area contributed by atoms with Crippen molar-refractivity contribution in [2.45, 2.75) is 0 Å². The highest BCUT2D eigenvalue weighted by Gasteiger charge is 2.04. The fraction of sp³-hybridized carbons (Fsp3) is 0.133. The van der Waals surface area contributed by atoms with E-state index in [1.807, 2.05) is 36.4 Å². The number of primary amides is 1. The number of carbonyl (C=O) groups is 1. The van der Waals surface area contributed by atoms with E-state index >= 15 is 0 Å². The van der Waals surface area contributed by atoms with Crippen LogP contribution in [0.4, 0.5) is 0 Å². The van der Waals surface area contributed by atoms with E-state index in [9.17, 15) is 4.79 Å². The maximum Gasteiger partial charge on any atom is 0.248 e. The van der Waals surface area contributed by atoms with Crippen molar-refractivity contribution in [3.63, 3.8) is 0 Å². The molecule has 0 saturated heterocycles. The minimum atomic E-state index is -0.434. The van der Waals surface area contributed by atoms with Gasteiger partial charge in [0.05, 0.1) is 5.88 Å². The number of hydrogen-bond donors (Lipinski definition) is 1. The highest BCUT2D eigenvalue weighted by Crippen LogP contribution is 2.24. The van der Waals surface area contributed by atoms with Crippen molar-refractivity contribution < 1.29 is 9.53 Å². The van der Waals surface area contributed by atoms with E-state index < -0.39 is 5.91 Å². The Morgan fingerprint density at radius 2 is 1.79 bits per heavy atom. The molecule has 0 aliphatic heterocycles. The van der Waals surface area contributed by atoms with E-state index in [0.29, 0.717) is 18.1 Å². The van der Waals surface area contributed by atoms with Crippen molar-refractivity contribution in [2.24, 2.45) is 5.73 Å². The van der Waals surface area contributed by atoms with Crippen LogP contribution in [0.25, 0.3) is 11.1 Å². The maximum absolute atomic E-state index is 11.2. The predicted octanol–water partition coefficient (Wildman–Crippen LogP) is 3.07. The number of alkyl halides is 1. The standard InChI is InChI=1S/C15H14ClNO2/c16-7-8-19-14-6-2-4-12(10-14)11-3-1-5-13(9-11)15(17)18/h1-6,9-10H,7-8H2,(H2,17,18). The molecule has 0 heterocycles. The number of carbonyl (C=O) groups excluding carboxylic acids is 1. The number of hydrogen-bond acceptors (Lipinski definition) is 2. The van der Waals surface area contributed by atoms with Crippen LogP contribution in [0.5, 0.6) is 5.75 Å². The largest absolute Gasteiger partial charge is 0.492 e. The molecule has 19 heavy (non-hydrogen) atoms. The molecule has 2 aromatic carbocycles. The first-order valence-electron chi connectivity index (χ1n) is 5.90. The lowest BCUT2D eigenvalue weighted by atomic mass is 10.0. The molecule has 0 radical (unpaired) electrons. The molecule has 2 rings (SSSR count). The summed E-state index contributed by atoms with van der Waals surface area (Å²) in [5.41, 5.74) is 7.66. The van der Waals surface area contributed by atoms with Crippen LogP contribution in [-0.2, 0) is 0 Å². The van der Waals surface area contributed by atoms with Gasteiger partial charge < -0.3 is 10.5 Å². The van der Waals surface area contributed by atoms with Gasteiger partial charge in [0.1, 0.15) is 12.4 Å². The van der Waals surface area contributed by atoms with Gasteiger partial charge in [0, 0.05) is 5.56 Å². The first kappa shape index (κ1) is 13.4. The van der Waals surface area contributed by atoms with E-state index in [1.165, 1.54) is 0 Å². The second kappa shape index (κ2) is 6.25. The summed E-state index contributed by atoms with van der Waals surface area (Å²) in [5.74, 6) is 0.764. The second-order valence-electron chi connectivity index (χ2n) is 4.01. The van der Waals surface area contributed by atoms with E-state index in [-0.39, 0.29) is 0 Å². The van der Waals surface area contributed by atoms with Gasteiger partial charge in [-0.25, -0.2) is 0 Å². The summed E-state index contributed by atoms with van der Waals surface area (Å²) >= 11 is 5.59. The first-order valence-corrected chi connectivity index (χ1v) is 6.43. The lowest BCUT2D eigenvalue weighted by Crippen LogP contribution is -2.10. The van der Waals surface area contributed by atoms with Gasteiger partial charge in [-0.2, -0.15) is 0 Å². The monoisotopic (exact) mass is 275 g/mol. The number of halogens is 1. The average molecular weight is 276 g/mol. The van der Waals surface area contributed by atoms with E-state index in [4.69, 9.17) is 22.1 Å². The average Bonchev–Trinajstić information content (AvgIpc) is 2.45. The van der Waals surface area contributed by atoms with Gasteiger partial charge in [-0.3, -0.25) is 4.79 Å². The molecule has 3 nitrogen and oxygen atoms in total. The van der Waals surface area contributed by atoms with Crippen molar-refractivity contribution in [1.29, 1.82) is 0 Å². The Balaban J connectivity index is 2.30. The molecular formula is C15H14ClNO2. The SMILES string of the molecule is NC(=O)c1cccc(-c2cccc(OCCCl)c2)c1. The number of rotatable bonds is 5. The van der Waals surface area contributed by atoms with Gasteiger partial charge in [-0.1, -0.05) is 24.3 Å². The summed E-state index contributed by atoms with van der Waals surface area (Å²) in [5, 5.41) is 0. The van der Waals surface area contributed by atoms with Crippen molar-refractivity contribution in [2.75, 3.05) is 12.5 Å². The smallest absolute Gasteiger partial charge is 0.248 e. The van der Waals surface area contributed by atoms with Gasteiger partial charge in [0.2, 0.25) is 5.91 Å². The lowest BCUT2D eigenvalue weighted by Gasteiger charge is -2.07. The first-order chi connectivity index (χ1) is 9.20. The topological polar surface area (TPSA) is 52.3 Å². The summed E-state index contributed by atoms with van der Waals surface area (Å²) in [6, 6.07) is 14.8. The minimum Gasteiger partial charge on any atom is -0.492 e. The Kier molecular flexibility index (Phi) is 4.42. The highest BCUT2D eigenvalue weighted by molar-refractivity contribution is 6.18. The molecule has 0 aromatic heterocycles. The summed E-state index contributed by atoms with van der Waals surface area (Å²) in [6.07, 6.45) is 0. The molecule has 0 unspecified atom stereocenters. The van der Waals surface area contributed by atoms with Crippen LogP contribution >= 0.6 is 11.6 Å². The molecule has 1 amide bonds. The predicted molar refractivity (Wildman–Crippen MR) is 76.6 cm³/mol. The molecule has 0 fully saturated rings. The van der Waals surface area contributed by atoms with Crippen molar-refractivity contribution in [3.05, 3.63) is 54.1 Å². The fourth-order valence-electron chi connectivity index (χ4n) is 1.77. The summed E-state index contributed by atoms with van der Waals surface area (Å²) < 4.78 is 5.47. The Morgan fingerprint density at radius 3 is 2.47 bits per heavy atom. The highest BCUT2D eigenvalue weighted by atomic mass is 35.5. The van der Waals surface area contributed by atoms with Gasteiger partial charge in [-0.05, 0) is 35.4 Å². The third-order valence-corrected chi connectivity index (χ3v) is 2.81. The normalized spacial score (nSPS) is 10.2. The second-order valence-corrected chi connectivity index (χ2v) is 4.39. The number of ether oxygens (including phenoxy) is 1. The van der Waals surface area contributed by atoms with Crippen molar-refractivity contribution in [1.82, 2.24) is 0 Å². The molecular weight excluding hydrogens is 262 g/mol. The van der Waals surface area contributed by atoms with Crippen LogP contribution < -0.4 is 10.5 Å². The van der Waals surface area contributed by atoms with Crippen LogP contribution in [-0.4, -0.2) is 18.4 Å². The maximum atomic E-state index is 11.2. The Morgan fingerprint density at radius 1 is 1.11 bits per heavy atom. The Hall–Kier alpha value is -2.00. The Labute approximate surface area is 117 Å². The minimum absolute atomic E-state index is 0.434. The molecule has 0 aliphatic carbocycles. The zero-order valence-electron chi connectivity index (χ0n) is 10.3. The van der Waals surface area contributed by atoms with Gasteiger partial charge in [0.15, 0.2) is 0 Å². The fourth-order valence-corrected chi connectivity index (χ4v) is 1.85. The molecule has 0 spiro atoms. The lowest BCUT2D eigenvalue weighted by molar-refractivity contribution is 0.100. The summed E-state index contributed by atoms with van der Waals surface area (Å²) in [4.78, 5) is 11.2. The number of nitrogens with two attached hydrogens (primary N) is 1. The van der Waals surface area contributed by atoms with Gasteiger partial charge >= 0.3 is 0 Å². The van der Waals surface area contributed by atoms with Crippen LogP contribution in [0, 0.1) is 0 Å². The molecule has 98 valence electrons. The molecule has 4 heteroatoms. The van der Waals surface area contributed by atoms with E-state index in [2.05, 4.69) is 0 Å². The Bertz CT molecular complexity index is 584. The van der Waals surface area contributed by atoms with Crippen molar-refractivity contribution in [3.8, 4) is 16.9 Å². The van der Waals surface area contributed by atoms with Crippen LogP contribution in [0.1, 0.15) is 10.4 Å². The third kappa shape index (κ3) is 3.48. The molecule has 0 bridgehead atoms. The van der Waals surface area contributed by atoms with E-state index in [0.717, 1.165) is 16.9 Å². The molecule has 0 aliphatic rings. The number of benzene rings is 2. The zero-order chi connectivity index (χ0) is 13.7.